The Bertz CT molecular complexity index is 690. The maximum Gasteiger partial charge on any atom is 0.184 e. The largest absolute Gasteiger partial charge is 0.354 e. The number of fused-ring (bicyclic) bond motifs is 1. The number of hydrogen-bond acceptors (Lipinski definition) is 5. The van der Waals surface area contributed by atoms with E-state index < -0.39 is 0 Å². The molecule has 0 unspecified atom stereocenters. The molecule has 2 heterocycles. The van der Waals surface area contributed by atoms with Crippen LogP contribution in [-0.4, -0.2) is 19.7 Å². The summed E-state index contributed by atoms with van der Waals surface area (Å²) in [6.45, 7) is 0.540. The van der Waals surface area contributed by atoms with E-state index in [-0.39, 0.29) is 5.82 Å². The Labute approximate surface area is 106 Å². The van der Waals surface area contributed by atoms with Crippen LogP contribution in [0.15, 0.2) is 24.5 Å². The molecule has 7 heteroatoms. The zero-order valence-corrected chi connectivity index (χ0v) is 10.4. The van der Waals surface area contributed by atoms with Crippen LogP contribution in [0.3, 0.4) is 0 Å². The van der Waals surface area contributed by atoms with Crippen molar-refractivity contribution in [2.24, 2.45) is 7.05 Å². The van der Waals surface area contributed by atoms with Gasteiger partial charge in [0.25, 0.3) is 0 Å². The molecule has 2 aromatic heterocycles. The van der Waals surface area contributed by atoms with Crippen LogP contribution in [0.4, 0.5) is 9.52 Å². The molecule has 0 aliphatic carbocycles. The van der Waals surface area contributed by atoms with Crippen LogP contribution in [0.25, 0.3) is 10.2 Å². The van der Waals surface area contributed by atoms with Gasteiger partial charge in [0.1, 0.15) is 12.1 Å². The number of aryl methyl sites for hydroxylation is 1. The highest BCUT2D eigenvalue weighted by Gasteiger charge is 2.06. The van der Waals surface area contributed by atoms with Gasteiger partial charge >= 0.3 is 0 Å². The number of nitrogens with zero attached hydrogens (tertiary/aromatic N) is 4. The van der Waals surface area contributed by atoms with E-state index in [0.717, 1.165) is 21.2 Å². The van der Waals surface area contributed by atoms with Gasteiger partial charge in [-0.25, -0.2) is 9.37 Å². The van der Waals surface area contributed by atoms with Crippen LogP contribution in [0.5, 0.6) is 0 Å². The van der Waals surface area contributed by atoms with E-state index in [2.05, 4.69) is 20.5 Å². The Kier molecular flexibility index (Phi) is 2.67. The highest BCUT2D eigenvalue weighted by Crippen LogP contribution is 2.26. The normalized spacial score (nSPS) is 11.0. The lowest BCUT2D eigenvalue weighted by Gasteiger charge is -2.00. The summed E-state index contributed by atoms with van der Waals surface area (Å²) >= 11 is 1.42. The summed E-state index contributed by atoms with van der Waals surface area (Å²) in [5.74, 6) is 0.575. The fourth-order valence-corrected chi connectivity index (χ4v) is 2.48. The van der Waals surface area contributed by atoms with Crippen LogP contribution < -0.4 is 5.32 Å². The number of anilines is 1. The minimum absolute atomic E-state index is 0.244. The van der Waals surface area contributed by atoms with Crippen LogP contribution in [0.2, 0.25) is 0 Å². The topological polar surface area (TPSA) is 55.6 Å². The summed E-state index contributed by atoms with van der Waals surface area (Å²) in [4.78, 5) is 4.37. The smallest absolute Gasteiger partial charge is 0.184 e. The van der Waals surface area contributed by atoms with Crippen LogP contribution in [0.1, 0.15) is 5.82 Å². The van der Waals surface area contributed by atoms with Crippen molar-refractivity contribution in [2.45, 2.75) is 6.54 Å². The number of benzene rings is 1. The summed E-state index contributed by atoms with van der Waals surface area (Å²) in [6, 6.07) is 4.57. The van der Waals surface area contributed by atoms with Gasteiger partial charge in [-0.1, -0.05) is 11.3 Å². The number of nitrogens with one attached hydrogen (secondary N) is 1. The Morgan fingerprint density at radius 2 is 2.33 bits per heavy atom. The molecule has 1 N–H and O–H groups in total. The van der Waals surface area contributed by atoms with Crippen molar-refractivity contribution in [2.75, 3.05) is 5.32 Å². The van der Waals surface area contributed by atoms with Crippen molar-refractivity contribution in [3.05, 3.63) is 36.2 Å². The number of halogens is 1. The third-order valence-corrected chi connectivity index (χ3v) is 3.53. The second-order valence-electron chi connectivity index (χ2n) is 3.84. The van der Waals surface area contributed by atoms with Crippen LogP contribution >= 0.6 is 11.3 Å². The van der Waals surface area contributed by atoms with Gasteiger partial charge in [0.15, 0.2) is 11.0 Å². The molecule has 0 aliphatic rings. The molecule has 1 aromatic carbocycles. The average Bonchev–Trinajstić information content (AvgIpc) is 2.92. The van der Waals surface area contributed by atoms with E-state index in [1.54, 1.807) is 12.4 Å². The number of aromatic nitrogens is 4. The third kappa shape index (κ3) is 2.04. The highest BCUT2D eigenvalue weighted by molar-refractivity contribution is 7.22. The summed E-state index contributed by atoms with van der Waals surface area (Å²) in [7, 11) is 1.88. The molecule has 0 bridgehead atoms. The Morgan fingerprint density at radius 3 is 3.11 bits per heavy atom. The zero-order valence-electron chi connectivity index (χ0n) is 9.59. The summed E-state index contributed by atoms with van der Waals surface area (Å²) in [5.41, 5.74) is 0.793. The lowest BCUT2D eigenvalue weighted by Crippen LogP contribution is -2.05. The number of hydrogen-bond donors (Lipinski definition) is 1. The summed E-state index contributed by atoms with van der Waals surface area (Å²) in [6.07, 6.45) is 1.64. The van der Waals surface area contributed by atoms with Gasteiger partial charge in [-0.05, 0) is 18.2 Å². The summed E-state index contributed by atoms with van der Waals surface area (Å²) in [5, 5.41) is 11.7. The van der Waals surface area contributed by atoms with Gasteiger partial charge < -0.3 is 9.88 Å². The molecule has 3 rings (SSSR count). The maximum absolute atomic E-state index is 13.0. The Morgan fingerprint density at radius 1 is 1.44 bits per heavy atom. The molecule has 0 saturated heterocycles. The van der Waals surface area contributed by atoms with Gasteiger partial charge in [0.05, 0.1) is 16.8 Å². The first-order chi connectivity index (χ1) is 8.72. The van der Waals surface area contributed by atoms with Gasteiger partial charge in [0, 0.05) is 7.05 Å². The van der Waals surface area contributed by atoms with E-state index in [4.69, 9.17) is 0 Å². The van der Waals surface area contributed by atoms with Crippen molar-refractivity contribution in [1.29, 1.82) is 0 Å². The van der Waals surface area contributed by atoms with E-state index in [1.165, 1.54) is 23.5 Å². The van der Waals surface area contributed by atoms with Crippen LogP contribution in [-0.2, 0) is 13.6 Å². The minimum Gasteiger partial charge on any atom is -0.354 e. The fraction of sp³-hybridized carbons (Fsp3) is 0.182. The van der Waals surface area contributed by atoms with Crippen molar-refractivity contribution in [3.63, 3.8) is 0 Å². The number of thiazole rings is 1. The molecule has 3 aromatic rings. The van der Waals surface area contributed by atoms with Gasteiger partial charge in [-0.3, -0.25) is 0 Å². The fourth-order valence-electron chi connectivity index (χ4n) is 1.60. The first kappa shape index (κ1) is 11.1. The highest BCUT2D eigenvalue weighted by atomic mass is 32.1. The molecule has 0 aliphatic heterocycles. The third-order valence-electron chi connectivity index (χ3n) is 2.55. The predicted octanol–water partition coefficient (Wildman–Crippen LogP) is 2.18. The SMILES string of the molecule is Cn1cnnc1CNc1nc2ccc(F)cc2s1. The lowest BCUT2D eigenvalue weighted by molar-refractivity contribution is 0.630. The maximum atomic E-state index is 13.0. The first-order valence-electron chi connectivity index (χ1n) is 5.35. The molecule has 18 heavy (non-hydrogen) atoms. The molecular formula is C11H10FN5S. The van der Waals surface area contributed by atoms with Gasteiger partial charge in [-0.2, -0.15) is 0 Å². The predicted molar refractivity (Wildman–Crippen MR) is 67.9 cm³/mol. The number of rotatable bonds is 3. The molecule has 0 saturated carbocycles. The summed E-state index contributed by atoms with van der Waals surface area (Å²) < 4.78 is 15.7. The van der Waals surface area contributed by atoms with Crippen molar-refractivity contribution in [3.8, 4) is 0 Å². The first-order valence-corrected chi connectivity index (χ1v) is 6.17. The minimum atomic E-state index is -0.244. The molecule has 0 amide bonds. The van der Waals surface area contributed by atoms with Gasteiger partial charge in [-0.15, -0.1) is 10.2 Å². The molecule has 0 fully saturated rings. The molecule has 0 spiro atoms. The second kappa shape index (κ2) is 4.34. The molecular weight excluding hydrogens is 253 g/mol. The average molecular weight is 263 g/mol. The molecule has 5 nitrogen and oxygen atoms in total. The lowest BCUT2D eigenvalue weighted by atomic mass is 10.3. The van der Waals surface area contributed by atoms with Crippen molar-refractivity contribution in [1.82, 2.24) is 19.7 Å². The monoisotopic (exact) mass is 263 g/mol. The quantitative estimate of drug-likeness (QED) is 0.787. The van der Waals surface area contributed by atoms with Gasteiger partial charge in [0.2, 0.25) is 0 Å². The molecule has 0 atom stereocenters. The van der Waals surface area contributed by atoms with E-state index in [0.29, 0.717) is 6.54 Å². The standard InChI is InChI=1S/C11H10FN5S/c1-17-6-14-16-10(17)5-13-11-15-8-3-2-7(12)4-9(8)18-11/h2-4,6H,5H2,1H3,(H,13,15). The second-order valence-corrected chi connectivity index (χ2v) is 4.87. The Hall–Kier alpha value is -2.02. The Balaban J connectivity index is 1.81. The van der Waals surface area contributed by atoms with E-state index in [9.17, 15) is 4.39 Å². The van der Waals surface area contributed by atoms with Crippen molar-refractivity contribution < 1.29 is 4.39 Å². The molecule has 92 valence electrons. The van der Waals surface area contributed by atoms with Crippen molar-refractivity contribution >= 4 is 26.7 Å². The van der Waals surface area contributed by atoms with Crippen LogP contribution in [0, 0.1) is 5.82 Å². The van der Waals surface area contributed by atoms with E-state index in [1.807, 2.05) is 11.6 Å². The van der Waals surface area contributed by atoms with E-state index >= 15 is 0 Å². The zero-order chi connectivity index (χ0) is 12.5. The molecule has 0 radical (unpaired) electrons.